The van der Waals surface area contributed by atoms with Gasteiger partial charge < -0.3 is 14.9 Å². The maximum absolute atomic E-state index is 12.0. The van der Waals surface area contributed by atoms with Crippen molar-refractivity contribution in [2.24, 2.45) is 0 Å². The first-order valence-electron chi connectivity index (χ1n) is 7.36. The Morgan fingerprint density at radius 1 is 1.45 bits per heavy atom. The summed E-state index contributed by atoms with van der Waals surface area (Å²) in [6.07, 6.45) is 2.36. The Hall–Kier alpha value is -1.45. The molecule has 1 aromatic heterocycles. The first-order chi connectivity index (χ1) is 10.5. The van der Waals surface area contributed by atoms with E-state index >= 15 is 0 Å². The van der Waals surface area contributed by atoms with Crippen LogP contribution in [0.15, 0.2) is 10.6 Å². The fourth-order valence-corrected chi connectivity index (χ4v) is 3.91. The number of nitrogens with one attached hydrogen (secondary N) is 1. The number of aromatic nitrogens is 1. The van der Waals surface area contributed by atoms with Gasteiger partial charge in [0.2, 0.25) is 10.0 Å². The van der Waals surface area contributed by atoms with Gasteiger partial charge in [0.25, 0.3) is 5.91 Å². The molecule has 1 aliphatic carbocycles. The van der Waals surface area contributed by atoms with Crippen LogP contribution in [0.4, 0.5) is 0 Å². The minimum absolute atomic E-state index is 0.0712. The summed E-state index contributed by atoms with van der Waals surface area (Å²) in [7, 11) is -3.33. The number of hydrogen-bond acceptors (Lipinski definition) is 6. The molecule has 1 aliphatic heterocycles. The van der Waals surface area contributed by atoms with Gasteiger partial charge in [-0.2, -0.15) is 4.31 Å². The average Bonchev–Trinajstić information content (AvgIpc) is 3.17. The molecule has 1 amide bonds. The van der Waals surface area contributed by atoms with Gasteiger partial charge in [-0.25, -0.2) is 8.42 Å². The number of nitrogens with zero attached hydrogens (tertiary/aromatic N) is 2. The van der Waals surface area contributed by atoms with Crippen LogP contribution in [0.25, 0.3) is 0 Å². The Balaban J connectivity index is 1.48. The van der Waals surface area contributed by atoms with Crippen LogP contribution >= 0.6 is 0 Å². The second-order valence-electron chi connectivity index (χ2n) is 5.77. The fourth-order valence-electron chi connectivity index (χ4n) is 2.35. The summed E-state index contributed by atoms with van der Waals surface area (Å²) in [6.45, 7) is 0.363. The van der Waals surface area contributed by atoms with E-state index in [1.54, 1.807) is 6.07 Å². The molecule has 1 saturated carbocycles. The molecule has 2 N–H and O–H groups in total. The first-order valence-corrected chi connectivity index (χ1v) is 8.96. The molecule has 2 heterocycles. The normalized spacial score (nSPS) is 19.9. The molecule has 0 bridgehead atoms. The van der Waals surface area contributed by atoms with E-state index in [4.69, 9.17) is 9.63 Å². The standard InChI is InChI=1S/C13H19N3O5S/c17-4-1-5-22(19,20)16-7-10(8-16)14-13(18)11-6-12(21-15-11)9-2-3-9/h6,9-10,17H,1-5,7-8H2,(H,14,18). The van der Waals surface area contributed by atoms with Gasteiger partial charge >= 0.3 is 0 Å². The number of aliphatic hydroxyl groups excluding tert-OH is 1. The van der Waals surface area contributed by atoms with Crippen LogP contribution in [-0.2, 0) is 10.0 Å². The van der Waals surface area contributed by atoms with Gasteiger partial charge in [0.1, 0.15) is 5.76 Å². The highest BCUT2D eigenvalue weighted by molar-refractivity contribution is 7.89. The van der Waals surface area contributed by atoms with Crippen LogP contribution in [0, 0.1) is 0 Å². The van der Waals surface area contributed by atoms with Gasteiger partial charge in [0.05, 0.1) is 11.8 Å². The molecule has 2 aliphatic rings. The van der Waals surface area contributed by atoms with Gasteiger partial charge in [-0.05, 0) is 19.3 Å². The van der Waals surface area contributed by atoms with Crippen molar-refractivity contribution in [1.82, 2.24) is 14.8 Å². The molecule has 3 rings (SSSR count). The molecular formula is C13H19N3O5S. The molecule has 0 unspecified atom stereocenters. The van der Waals surface area contributed by atoms with E-state index in [2.05, 4.69) is 10.5 Å². The number of carbonyl (C=O) groups excluding carboxylic acids is 1. The lowest BCUT2D eigenvalue weighted by molar-refractivity contribution is 0.0886. The van der Waals surface area contributed by atoms with Crippen LogP contribution in [-0.4, -0.2) is 60.4 Å². The lowest BCUT2D eigenvalue weighted by Gasteiger charge is -2.38. The van der Waals surface area contributed by atoms with Crippen molar-refractivity contribution < 1.29 is 22.8 Å². The topological polar surface area (TPSA) is 113 Å². The zero-order valence-electron chi connectivity index (χ0n) is 12.1. The van der Waals surface area contributed by atoms with Crippen molar-refractivity contribution >= 4 is 15.9 Å². The van der Waals surface area contributed by atoms with Crippen LogP contribution in [0.2, 0.25) is 0 Å². The highest BCUT2D eigenvalue weighted by Crippen LogP contribution is 2.40. The fraction of sp³-hybridized carbons (Fsp3) is 0.692. The minimum atomic E-state index is -3.33. The molecule has 2 fully saturated rings. The smallest absolute Gasteiger partial charge is 0.273 e. The van der Waals surface area contributed by atoms with E-state index in [0.717, 1.165) is 18.6 Å². The highest BCUT2D eigenvalue weighted by Gasteiger charge is 2.37. The van der Waals surface area contributed by atoms with Crippen molar-refractivity contribution in [2.75, 3.05) is 25.4 Å². The first kappa shape index (κ1) is 15.4. The molecule has 9 heteroatoms. The van der Waals surface area contributed by atoms with Gasteiger partial charge in [0, 0.05) is 31.7 Å². The van der Waals surface area contributed by atoms with Crippen LogP contribution < -0.4 is 5.32 Å². The summed E-state index contributed by atoms with van der Waals surface area (Å²) in [4.78, 5) is 12.0. The Kier molecular flexibility index (Phi) is 4.20. The summed E-state index contributed by atoms with van der Waals surface area (Å²) >= 11 is 0. The second kappa shape index (κ2) is 5.98. The van der Waals surface area contributed by atoms with E-state index in [1.165, 1.54) is 4.31 Å². The summed E-state index contributed by atoms with van der Waals surface area (Å²) in [5, 5.41) is 15.2. The number of rotatable bonds is 7. The lowest BCUT2D eigenvalue weighted by atomic mass is 10.1. The molecule has 8 nitrogen and oxygen atoms in total. The van der Waals surface area contributed by atoms with Crippen molar-refractivity contribution in [3.8, 4) is 0 Å². The molecular weight excluding hydrogens is 310 g/mol. The van der Waals surface area contributed by atoms with Crippen LogP contribution in [0.3, 0.4) is 0 Å². The third-order valence-corrected chi connectivity index (χ3v) is 5.77. The quantitative estimate of drug-likeness (QED) is 0.709. The Bertz CT molecular complexity index is 646. The summed E-state index contributed by atoms with van der Waals surface area (Å²) in [5.41, 5.74) is 0.239. The minimum Gasteiger partial charge on any atom is -0.396 e. The van der Waals surface area contributed by atoms with Gasteiger partial charge in [0.15, 0.2) is 5.69 Å². The summed E-state index contributed by atoms with van der Waals surface area (Å²) < 4.78 is 30.1. The zero-order valence-corrected chi connectivity index (χ0v) is 12.9. The van der Waals surface area contributed by atoms with Crippen molar-refractivity contribution in [3.05, 3.63) is 17.5 Å². The van der Waals surface area contributed by atoms with Gasteiger partial charge in [-0.15, -0.1) is 0 Å². The maximum Gasteiger partial charge on any atom is 0.273 e. The molecule has 0 aromatic carbocycles. The van der Waals surface area contributed by atoms with Crippen molar-refractivity contribution in [2.45, 2.75) is 31.2 Å². The van der Waals surface area contributed by atoms with E-state index in [9.17, 15) is 13.2 Å². The third kappa shape index (κ3) is 3.31. The van der Waals surface area contributed by atoms with Crippen molar-refractivity contribution in [1.29, 1.82) is 0 Å². The monoisotopic (exact) mass is 329 g/mol. The van der Waals surface area contributed by atoms with E-state index in [0.29, 0.717) is 5.92 Å². The number of aliphatic hydroxyl groups is 1. The van der Waals surface area contributed by atoms with Crippen molar-refractivity contribution in [3.63, 3.8) is 0 Å². The highest BCUT2D eigenvalue weighted by atomic mass is 32.2. The molecule has 0 spiro atoms. The molecule has 0 radical (unpaired) electrons. The SMILES string of the molecule is O=C(NC1CN(S(=O)(=O)CCCO)C1)c1cc(C2CC2)on1. The van der Waals surface area contributed by atoms with Crippen LogP contribution in [0.5, 0.6) is 0 Å². The molecule has 22 heavy (non-hydrogen) atoms. The number of hydrogen-bond donors (Lipinski definition) is 2. The second-order valence-corrected chi connectivity index (χ2v) is 7.86. The van der Waals surface area contributed by atoms with E-state index in [1.807, 2.05) is 0 Å². The number of sulfonamides is 1. The molecule has 122 valence electrons. The predicted molar refractivity (Wildman–Crippen MR) is 76.8 cm³/mol. The molecule has 1 saturated heterocycles. The Morgan fingerprint density at radius 3 is 2.82 bits per heavy atom. The maximum atomic E-state index is 12.0. The average molecular weight is 329 g/mol. The summed E-state index contributed by atoms with van der Waals surface area (Å²) in [5.74, 6) is 0.725. The predicted octanol–water partition coefficient (Wildman–Crippen LogP) is -0.322. The van der Waals surface area contributed by atoms with E-state index < -0.39 is 10.0 Å². The number of carbonyl (C=O) groups is 1. The Labute approximate surface area is 128 Å². The van der Waals surface area contributed by atoms with Crippen LogP contribution in [0.1, 0.15) is 41.4 Å². The lowest BCUT2D eigenvalue weighted by Crippen LogP contribution is -2.61. The third-order valence-electron chi connectivity index (χ3n) is 3.88. The molecule has 1 aromatic rings. The summed E-state index contributed by atoms with van der Waals surface area (Å²) in [6, 6.07) is 1.44. The van der Waals surface area contributed by atoms with E-state index in [-0.39, 0.29) is 49.5 Å². The molecule has 0 atom stereocenters. The number of amides is 1. The van der Waals surface area contributed by atoms with Gasteiger partial charge in [-0.1, -0.05) is 5.16 Å². The Morgan fingerprint density at radius 2 is 2.18 bits per heavy atom. The largest absolute Gasteiger partial charge is 0.396 e. The zero-order chi connectivity index (χ0) is 15.7. The van der Waals surface area contributed by atoms with Gasteiger partial charge in [-0.3, -0.25) is 4.79 Å².